The van der Waals surface area contributed by atoms with Crippen LogP contribution in [0.25, 0.3) is 0 Å². The van der Waals surface area contributed by atoms with Crippen molar-refractivity contribution in [3.05, 3.63) is 59.8 Å². The van der Waals surface area contributed by atoms with E-state index in [1.165, 1.54) is 12.7 Å². The van der Waals surface area contributed by atoms with Crippen molar-refractivity contribution in [1.29, 1.82) is 0 Å². The lowest BCUT2D eigenvalue weighted by atomic mass is 9.81. The molecule has 3 rings (SSSR count). The van der Waals surface area contributed by atoms with Crippen molar-refractivity contribution in [1.82, 2.24) is 5.32 Å². The van der Waals surface area contributed by atoms with Crippen LogP contribution in [0.3, 0.4) is 0 Å². The van der Waals surface area contributed by atoms with Crippen LogP contribution in [-0.4, -0.2) is 13.1 Å². The normalized spacial score (nSPS) is 28.3. The maximum atomic E-state index is 11.8. The Labute approximate surface area is 113 Å². The number of fused-ring (bicyclic) bond motifs is 1. The van der Waals surface area contributed by atoms with Crippen LogP contribution in [0.15, 0.2) is 54.3 Å². The van der Waals surface area contributed by atoms with Crippen molar-refractivity contribution in [2.45, 2.75) is 12.5 Å². The van der Waals surface area contributed by atoms with Gasteiger partial charge >= 0.3 is 5.97 Å². The minimum Gasteiger partial charge on any atom is -0.464 e. The molecule has 0 radical (unpaired) electrons. The Morgan fingerprint density at radius 3 is 2.84 bits per heavy atom. The molecule has 3 nitrogen and oxygen atoms in total. The zero-order chi connectivity index (χ0) is 13.2. The monoisotopic (exact) mass is 255 g/mol. The quantitative estimate of drug-likeness (QED) is 0.652. The first kappa shape index (κ1) is 12.0. The zero-order valence-electron chi connectivity index (χ0n) is 10.9. The average Bonchev–Trinajstić information content (AvgIpc) is 2.94. The Hall–Kier alpha value is -2.03. The molecule has 0 saturated carbocycles. The second kappa shape index (κ2) is 4.92. The van der Waals surface area contributed by atoms with Crippen LogP contribution in [0, 0.1) is 11.8 Å². The Morgan fingerprint density at radius 2 is 2.11 bits per heavy atom. The van der Waals surface area contributed by atoms with E-state index in [1.54, 1.807) is 0 Å². The third kappa shape index (κ3) is 2.16. The molecule has 1 aliphatic heterocycles. The van der Waals surface area contributed by atoms with Crippen LogP contribution in [0.4, 0.5) is 0 Å². The molecular formula is C16H17NO2. The number of carbonyl (C=O) groups excluding carboxylic acids is 1. The maximum Gasteiger partial charge on any atom is 0.353 e. The van der Waals surface area contributed by atoms with E-state index in [4.69, 9.17) is 4.74 Å². The number of nitrogens with one attached hydrogen (secondary N) is 1. The molecular weight excluding hydrogens is 238 g/mol. The van der Waals surface area contributed by atoms with E-state index >= 15 is 0 Å². The van der Waals surface area contributed by atoms with Gasteiger partial charge in [0.2, 0.25) is 0 Å². The lowest BCUT2D eigenvalue weighted by Crippen LogP contribution is -2.37. The molecule has 3 heteroatoms. The van der Waals surface area contributed by atoms with Gasteiger partial charge in [0.05, 0.1) is 13.2 Å². The van der Waals surface area contributed by atoms with Crippen LogP contribution in [-0.2, 0) is 9.53 Å². The number of rotatable bonds is 2. The first-order chi connectivity index (χ1) is 9.29. The molecule has 0 bridgehead atoms. The van der Waals surface area contributed by atoms with Gasteiger partial charge < -0.3 is 10.1 Å². The highest BCUT2D eigenvalue weighted by Crippen LogP contribution is 2.40. The van der Waals surface area contributed by atoms with E-state index in [2.05, 4.69) is 29.6 Å². The third-order valence-electron chi connectivity index (χ3n) is 3.90. The number of allylic oxidation sites excluding steroid dienone is 2. The molecule has 98 valence electrons. The van der Waals surface area contributed by atoms with Crippen molar-refractivity contribution in [2.75, 3.05) is 7.11 Å². The molecule has 2 aliphatic rings. The molecule has 19 heavy (non-hydrogen) atoms. The molecule has 1 aromatic carbocycles. The smallest absolute Gasteiger partial charge is 0.353 e. The van der Waals surface area contributed by atoms with Gasteiger partial charge in [0.25, 0.3) is 0 Å². The topological polar surface area (TPSA) is 38.3 Å². The maximum absolute atomic E-state index is 11.8. The molecule has 0 spiro atoms. The molecule has 0 aromatic heterocycles. The second-order valence-corrected chi connectivity index (χ2v) is 5.01. The summed E-state index contributed by atoms with van der Waals surface area (Å²) in [7, 11) is 1.42. The highest BCUT2D eigenvalue weighted by atomic mass is 16.5. The number of esters is 1. The summed E-state index contributed by atoms with van der Waals surface area (Å²) in [5.74, 6) is 0.516. The fourth-order valence-electron chi connectivity index (χ4n) is 2.96. The minimum atomic E-state index is -0.286. The summed E-state index contributed by atoms with van der Waals surface area (Å²) in [4.78, 5) is 11.8. The van der Waals surface area contributed by atoms with Crippen LogP contribution in [0.1, 0.15) is 18.0 Å². The first-order valence-electron chi connectivity index (χ1n) is 6.58. The van der Waals surface area contributed by atoms with Gasteiger partial charge in [-0.1, -0.05) is 42.5 Å². The van der Waals surface area contributed by atoms with E-state index < -0.39 is 0 Å². The number of hydrogen-bond donors (Lipinski definition) is 1. The summed E-state index contributed by atoms with van der Waals surface area (Å²) >= 11 is 0. The molecule has 0 amide bonds. The number of ether oxygens (including phenoxy) is 1. The highest BCUT2D eigenvalue weighted by Gasteiger charge is 2.35. The van der Waals surface area contributed by atoms with Crippen LogP contribution in [0.5, 0.6) is 0 Å². The second-order valence-electron chi connectivity index (χ2n) is 5.01. The fourth-order valence-corrected chi connectivity index (χ4v) is 2.96. The van der Waals surface area contributed by atoms with Gasteiger partial charge in [0.1, 0.15) is 5.70 Å². The predicted molar refractivity (Wildman–Crippen MR) is 73.2 cm³/mol. The summed E-state index contributed by atoms with van der Waals surface area (Å²) in [6.45, 7) is 0. The minimum absolute atomic E-state index is 0.143. The Kier molecular flexibility index (Phi) is 3.11. The predicted octanol–water partition coefficient (Wildman–Crippen LogP) is 2.58. The number of methoxy groups -OCH3 is 1. The van der Waals surface area contributed by atoms with E-state index in [-0.39, 0.29) is 12.0 Å². The zero-order valence-corrected chi connectivity index (χ0v) is 10.9. The molecule has 0 saturated heterocycles. The summed E-state index contributed by atoms with van der Waals surface area (Å²) in [5.41, 5.74) is 1.79. The van der Waals surface area contributed by atoms with Crippen molar-refractivity contribution >= 4 is 5.97 Å². The van der Waals surface area contributed by atoms with Crippen molar-refractivity contribution in [3.63, 3.8) is 0 Å². The van der Waals surface area contributed by atoms with Gasteiger partial charge in [-0.2, -0.15) is 0 Å². The van der Waals surface area contributed by atoms with Crippen LogP contribution < -0.4 is 5.32 Å². The van der Waals surface area contributed by atoms with E-state index in [1.807, 2.05) is 24.3 Å². The largest absolute Gasteiger partial charge is 0.464 e. The highest BCUT2D eigenvalue weighted by molar-refractivity contribution is 5.88. The summed E-state index contributed by atoms with van der Waals surface area (Å²) < 4.78 is 4.83. The summed E-state index contributed by atoms with van der Waals surface area (Å²) in [6.07, 6.45) is 7.45. The van der Waals surface area contributed by atoms with Gasteiger partial charge in [-0.25, -0.2) is 4.79 Å². The Bertz CT molecular complexity index is 533. The third-order valence-corrected chi connectivity index (χ3v) is 3.90. The molecule has 1 aromatic rings. The SMILES string of the molecule is COC(=O)C1=C[C@@H]2CC=C[C@@H]2[C@H](c2ccccc2)N1. The first-order valence-corrected chi connectivity index (χ1v) is 6.58. The van der Waals surface area contributed by atoms with Crippen molar-refractivity contribution in [3.8, 4) is 0 Å². The lowest BCUT2D eigenvalue weighted by Gasteiger charge is -2.34. The molecule has 0 fully saturated rings. The number of carbonyl (C=O) groups is 1. The summed E-state index contributed by atoms with van der Waals surface area (Å²) in [6, 6.07) is 10.4. The Balaban J connectivity index is 1.94. The molecule has 1 N–H and O–H groups in total. The van der Waals surface area contributed by atoms with Gasteiger partial charge in [0.15, 0.2) is 0 Å². The fraction of sp³-hybridized carbons (Fsp3) is 0.312. The van der Waals surface area contributed by atoms with E-state index in [0.717, 1.165) is 6.42 Å². The molecule has 3 atom stereocenters. The number of benzene rings is 1. The van der Waals surface area contributed by atoms with Gasteiger partial charge in [-0.05, 0) is 24.0 Å². The summed E-state index contributed by atoms with van der Waals surface area (Å²) in [5, 5.41) is 3.33. The van der Waals surface area contributed by atoms with Gasteiger partial charge in [-0.3, -0.25) is 0 Å². The molecule has 1 heterocycles. The standard InChI is InChI=1S/C16H17NO2/c1-19-16(18)14-10-12-8-5-9-13(12)15(17-14)11-6-3-2-4-7-11/h2-7,9-10,12-13,15,17H,8H2,1H3/t12-,13-,15-/m0/s1. The average molecular weight is 255 g/mol. The van der Waals surface area contributed by atoms with Gasteiger partial charge in [0, 0.05) is 5.92 Å². The Morgan fingerprint density at radius 1 is 1.32 bits per heavy atom. The molecule has 1 aliphatic carbocycles. The van der Waals surface area contributed by atoms with Crippen molar-refractivity contribution in [2.24, 2.45) is 11.8 Å². The lowest BCUT2D eigenvalue weighted by molar-refractivity contribution is -0.136. The van der Waals surface area contributed by atoms with Crippen molar-refractivity contribution < 1.29 is 9.53 Å². The van der Waals surface area contributed by atoms with E-state index in [0.29, 0.717) is 17.5 Å². The van der Waals surface area contributed by atoms with Crippen LogP contribution >= 0.6 is 0 Å². The number of hydrogen-bond acceptors (Lipinski definition) is 3. The van der Waals surface area contributed by atoms with E-state index in [9.17, 15) is 4.79 Å². The molecule has 0 unspecified atom stereocenters. The van der Waals surface area contributed by atoms with Gasteiger partial charge in [-0.15, -0.1) is 0 Å². The van der Waals surface area contributed by atoms with Crippen LogP contribution in [0.2, 0.25) is 0 Å².